The van der Waals surface area contributed by atoms with Gasteiger partial charge in [-0.1, -0.05) is 18.2 Å². The van der Waals surface area contributed by atoms with Crippen molar-refractivity contribution in [3.63, 3.8) is 0 Å². The Kier molecular flexibility index (Phi) is 3.36. The molecule has 1 fully saturated rings. The molecule has 0 N–H and O–H groups in total. The van der Waals surface area contributed by atoms with E-state index in [0.29, 0.717) is 25.5 Å². The van der Waals surface area contributed by atoms with Crippen LogP contribution >= 0.6 is 0 Å². The number of morpholine rings is 1. The number of carbonyl (C=O) groups is 1. The first-order valence-electron chi connectivity index (χ1n) is 6.91. The zero-order chi connectivity index (χ0) is 14.2. The van der Waals surface area contributed by atoms with Gasteiger partial charge in [-0.25, -0.2) is 0 Å². The van der Waals surface area contributed by atoms with Gasteiger partial charge in [-0.05, 0) is 26.0 Å². The van der Waals surface area contributed by atoms with Crippen molar-refractivity contribution in [2.75, 3.05) is 26.3 Å². The Hall–Kier alpha value is -1.65. The predicted octanol–water partition coefficient (Wildman–Crippen LogP) is 2.73. The number of hydrogen-bond acceptors (Lipinski definition) is 4. The highest BCUT2D eigenvalue weighted by Crippen LogP contribution is 2.22. The molecule has 1 aliphatic rings. The van der Waals surface area contributed by atoms with Crippen LogP contribution in [0, 0.1) is 0 Å². The summed E-state index contributed by atoms with van der Waals surface area (Å²) in [4.78, 5) is 14.6. The van der Waals surface area contributed by atoms with Gasteiger partial charge in [-0.15, -0.1) is 0 Å². The zero-order valence-electron chi connectivity index (χ0n) is 11.9. The minimum Gasteiger partial charge on any atom is -0.453 e. The van der Waals surface area contributed by atoms with E-state index in [0.717, 1.165) is 17.5 Å². The molecule has 1 aromatic heterocycles. The van der Waals surface area contributed by atoms with Gasteiger partial charge in [-0.3, -0.25) is 9.69 Å². The summed E-state index contributed by atoms with van der Waals surface area (Å²) in [7, 11) is 0. The number of carbonyl (C=O) groups excluding carboxylic acids is 1. The summed E-state index contributed by atoms with van der Waals surface area (Å²) in [6.07, 6.45) is 0. The lowest BCUT2D eigenvalue weighted by Gasteiger charge is -2.41. The third-order valence-corrected chi connectivity index (χ3v) is 3.85. The predicted molar refractivity (Wildman–Crippen MR) is 77.0 cm³/mol. The van der Waals surface area contributed by atoms with Gasteiger partial charge in [0.1, 0.15) is 5.58 Å². The van der Waals surface area contributed by atoms with Crippen LogP contribution in [-0.2, 0) is 4.74 Å². The number of rotatable bonds is 3. The molecule has 0 atom stereocenters. The molecule has 4 heteroatoms. The number of hydrogen-bond donors (Lipinski definition) is 0. The molecule has 20 heavy (non-hydrogen) atoms. The van der Waals surface area contributed by atoms with Crippen molar-refractivity contribution in [2.24, 2.45) is 0 Å². The van der Waals surface area contributed by atoms with E-state index in [1.54, 1.807) is 0 Å². The van der Waals surface area contributed by atoms with Crippen LogP contribution < -0.4 is 0 Å². The lowest BCUT2D eigenvalue weighted by atomic mass is 10.0. The summed E-state index contributed by atoms with van der Waals surface area (Å²) < 4.78 is 11.1. The highest BCUT2D eigenvalue weighted by Gasteiger charge is 2.32. The quantitative estimate of drug-likeness (QED) is 0.806. The smallest absolute Gasteiger partial charge is 0.211 e. The lowest BCUT2D eigenvalue weighted by Crippen LogP contribution is -2.54. The maximum atomic E-state index is 12.4. The zero-order valence-corrected chi connectivity index (χ0v) is 11.9. The summed E-state index contributed by atoms with van der Waals surface area (Å²) in [5.41, 5.74) is 0.650. The van der Waals surface area contributed by atoms with E-state index >= 15 is 0 Å². The van der Waals surface area contributed by atoms with Crippen LogP contribution in [0.25, 0.3) is 11.0 Å². The highest BCUT2D eigenvalue weighted by molar-refractivity contribution is 5.98. The molecule has 0 amide bonds. The fourth-order valence-electron chi connectivity index (χ4n) is 2.55. The molecular formula is C16H19NO3. The average molecular weight is 273 g/mol. The number of fused-ring (bicyclic) bond motifs is 1. The Morgan fingerprint density at radius 1 is 1.35 bits per heavy atom. The summed E-state index contributed by atoms with van der Waals surface area (Å²) in [5, 5.41) is 0.970. The van der Waals surface area contributed by atoms with Gasteiger partial charge < -0.3 is 9.15 Å². The Morgan fingerprint density at radius 2 is 2.15 bits per heavy atom. The fourth-order valence-corrected chi connectivity index (χ4v) is 2.55. The van der Waals surface area contributed by atoms with Crippen LogP contribution in [0.3, 0.4) is 0 Å². The Morgan fingerprint density at radius 3 is 2.90 bits per heavy atom. The molecule has 1 aromatic carbocycles. The molecule has 1 aliphatic heterocycles. The fraction of sp³-hybridized carbons (Fsp3) is 0.438. The minimum absolute atomic E-state index is 0.0242. The van der Waals surface area contributed by atoms with E-state index in [1.807, 2.05) is 30.3 Å². The van der Waals surface area contributed by atoms with E-state index in [4.69, 9.17) is 9.15 Å². The van der Waals surface area contributed by atoms with E-state index in [2.05, 4.69) is 18.7 Å². The van der Waals surface area contributed by atoms with Crippen molar-refractivity contribution in [3.05, 3.63) is 36.1 Å². The molecular weight excluding hydrogens is 254 g/mol. The van der Waals surface area contributed by atoms with Gasteiger partial charge in [0.15, 0.2) is 5.76 Å². The van der Waals surface area contributed by atoms with Gasteiger partial charge in [-0.2, -0.15) is 0 Å². The topological polar surface area (TPSA) is 42.7 Å². The number of ether oxygens (including phenoxy) is 1. The second-order valence-electron chi connectivity index (χ2n) is 5.86. The van der Waals surface area contributed by atoms with Gasteiger partial charge in [0.05, 0.1) is 19.8 Å². The van der Waals surface area contributed by atoms with Crippen molar-refractivity contribution in [3.8, 4) is 0 Å². The first-order chi connectivity index (χ1) is 9.56. The standard InChI is InChI=1S/C16H19NO3/c1-16(2)11-19-8-7-17(16)10-13(18)15-9-12-5-3-4-6-14(12)20-15/h3-6,9H,7-8,10-11H2,1-2H3. The van der Waals surface area contributed by atoms with Crippen LogP contribution in [0.1, 0.15) is 24.4 Å². The highest BCUT2D eigenvalue weighted by atomic mass is 16.5. The molecule has 0 saturated carbocycles. The summed E-state index contributed by atoms with van der Waals surface area (Å²) in [6.45, 7) is 6.67. The van der Waals surface area contributed by atoms with E-state index < -0.39 is 0 Å². The van der Waals surface area contributed by atoms with E-state index in [1.165, 1.54) is 0 Å². The van der Waals surface area contributed by atoms with Gasteiger partial charge in [0.25, 0.3) is 0 Å². The molecule has 3 rings (SSSR count). The molecule has 2 heterocycles. The number of Topliss-reactive ketones (excluding diaryl/α,β-unsaturated/α-hetero) is 1. The third-order valence-electron chi connectivity index (χ3n) is 3.85. The van der Waals surface area contributed by atoms with Crippen LogP contribution in [0.4, 0.5) is 0 Å². The summed E-state index contributed by atoms with van der Waals surface area (Å²) in [6, 6.07) is 9.51. The first-order valence-corrected chi connectivity index (χ1v) is 6.91. The SMILES string of the molecule is CC1(C)COCCN1CC(=O)c1cc2ccccc2o1. The molecule has 4 nitrogen and oxygen atoms in total. The van der Waals surface area contributed by atoms with Crippen molar-refractivity contribution in [1.82, 2.24) is 4.90 Å². The largest absolute Gasteiger partial charge is 0.453 e. The van der Waals surface area contributed by atoms with Gasteiger partial charge in [0.2, 0.25) is 5.78 Å². The van der Waals surface area contributed by atoms with Crippen molar-refractivity contribution in [1.29, 1.82) is 0 Å². The lowest BCUT2D eigenvalue weighted by molar-refractivity contribution is -0.0469. The Bertz CT molecular complexity index is 596. The molecule has 0 bridgehead atoms. The van der Waals surface area contributed by atoms with E-state index in [-0.39, 0.29) is 11.3 Å². The minimum atomic E-state index is -0.111. The number of furan rings is 1. The summed E-state index contributed by atoms with van der Waals surface area (Å²) in [5.74, 6) is 0.463. The molecule has 0 unspecified atom stereocenters. The molecule has 106 valence electrons. The number of nitrogens with zero attached hydrogens (tertiary/aromatic N) is 1. The Balaban J connectivity index is 1.78. The molecule has 2 aromatic rings. The monoisotopic (exact) mass is 273 g/mol. The summed E-state index contributed by atoms with van der Waals surface area (Å²) >= 11 is 0. The average Bonchev–Trinajstić information content (AvgIpc) is 2.85. The second kappa shape index (κ2) is 5.04. The molecule has 0 aliphatic carbocycles. The Labute approximate surface area is 118 Å². The number of para-hydroxylation sites is 1. The van der Waals surface area contributed by atoms with Gasteiger partial charge >= 0.3 is 0 Å². The van der Waals surface area contributed by atoms with Crippen LogP contribution in [-0.4, -0.2) is 42.5 Å². The second-order valence-corrected chi connectivity index (χ2v) is 5.86. The van der Waals surface area contributed by atoms with Crippen molar-refractivity contribution < 1.29 is 13.9 Å². The molecule has 0 radical (unpaired) electrons. The number of ketones is 1. The van der Waals surface area contributed by atoms with Crippen LogP contribution in [0.2, 0.25) is 0 Å². The van der Waals surface area contributed by atoms with E-state index in [9.17, 15) is 4.79 Å². The van der Waals surface area contributed by atoms with Crippen molar-refractivity contribution in [2.45, 2.75) is 19.4 Å². The van der Waals surface area contributed by atoms with Crippen LogP contribution in [0.5, 0.6) is 0 Å². The number of benzene rings is 1. The maximum Gasteiger partial charge on any atom is 0.211 e. The maximum absolute atomic E-state index is 12.4. The van der Waals surface area contributed by atoms with Gasteiger partial charge in [0, 0.05) is 17.5 Å². The van der Waals surface area contributed by atoms with Crippen molar-refractivity contribution >= 4 is 16.8 Å². The third kappa shape index (κ3) is 2.49. The molecule has 1 saturated heterocycles. The first kappa shape index (κ1) is 13.3. The molecule has 0 spiro atoms. The van der Waals surface area contributed by atoms with Crippen LogP contribution in [0.15, 0.2) is 34.7 Å². The normalized spacial score (nSPS) is 19.3.